The monoisotopic (exact) mass is 451 g/mol. The lowest BCUT2D eigenvalue weighted by molar-refractivity contribution is -0.575. The molecule has 0 radical (unpaired) electrons. The largest absolute Gasteiger partial charge is 0.502 e. The molecule has 2 aromatic carbocycles. The molecule has 2 N–H and O–H groups in total. The first-order valence-electron chi connectivity index (χ1n) is 10.2. The molecule has 0 saturated carbocycles. The van der Waals surface area contributed by atoms with Crippen LogP contribution in [0.5, 0.6) is 0 Å². The second kappa shape index (κ2) is 9.21. The molecule has 0 amide bonds. The number of benzene rings is 2. The summed E-state index contributed by atoms with van der Waals surface area (Å²) in [5.74, 6) is 0.0536. The molecule has 5 heteroatoms. The van der Waals surface area contributed by atoms with Gasteiger partial charge in [0.25, 0.3) is 5.70 Å². The molecule has 0 atom stereocenters. The number of anilines is 1. The lowest BCUT2D eigenvalue weighted by Gasteiger charge is -2.18. The minimum Gasteiger partial charge on any atom is -0.502 e. The molecule has 31 heavy (non-hydrogen) atoms. The third-order valence-electron chi connectivity index (χ3n) is 4.97. The molecular formula is C26H28ClN2OS+. The van der Waals surface area contributed by atoms with Crippen LogP contribution in [0.4, 0.5) is 5.69 Å². The van der Waals surface area contributed by atoms with Gasteiger partial charge in [0.15, 0.2) is 23.1 Å². The van der Waals surface area contributed by atoms with Gasteiger partial charge in [0, 0.05) is 28.4 Å². The lowest BCUT2D eigenvalue weighted by Crippen LogP contribution is -2.39. The quantitative estimate of drug-likeness (QED) is 0.197. The van der Waals surface area contributed by atoms with Gasteiger partial charge < -0.3 is 10.4 Å². The third-order valence-corrected chi connectivity index (χ3v) is 5.50. The van der Waals surface area contributed by atoms with E-state index in [0.29, 0.717) is 21.3 Å². The Labute approximate surface area is 195 Å². The van der Waals surface area contributed by atoms with Crippen LogP contribution in [0, 0.1) is 13.8 Å². The Hall–Kier alpha value is -2.69. The minimum absolute atomic E-state index is 0.0236. The molecule has 1 aromatic heterocycles. The van der Waals surface area contributed by atoms with Crippen LogP contribution in [0.15, 0.2) is 67.0 Å². The van der Waals surface area contributed by atoms with E-state index >= 15 is 0 Å². The molecule has 1 heterocycles. The van der Waals surface area contributed by atoms with E-state index in [2.05, 4.69) is 32.2 Å². The van der Waals surface area contributed by atoms with E-state index in [-0.39, 0.29) is 11.2 Å². The molecule has 0 aliphatic rings. The highest BCUT2D eigenvalue weighted by molar-refractivity contribution is 7.81. The normalized spacial score (nSPS) is 12.3. The fraction of sp³-hybridized carbons (Fsp3) is 0.231. The van der Waals surface area contributed by atoms with Crippen LogP contribution in [-0.4, -0.2) is 10.1 Å². The van der Waals surface area contributed by atoms with Crippen LogP contribution in [0.3, 0.4) is 0 Å². The molecule has 0 fully saturated rings. The van der Waals surface area contributed by atoms with Gasteiger partial charge in [-0.25, -0.2) is 0 Å². The summed E-state index contributed by atoms with van der Waals surface area (Å²) in [6, 6.07) is 17.4. The van der Waals surface area contributed by atoms with Crippen LogP contribution in [-0.2, 0) is 5.41 Å². The van der Waals surface area contributed by atoms with Crippen molar-refractivity contribution in [2.45, 2.75) is 40.0 Å². The Kier molecular flexibility index (Phi) is 6.83. The van der Waals surface area contributed by atoms with Crippen molar-refractivity contribution in [3.05, 3.63) is 94.3 Å². The predicted octanol–water partition coefficient (Wildman–Crippen LogP) is 6.87. The number of halogens is 1. The Bertz CT molecular complexity index is 1120. The molecule has 3 nitrogen and oxygen atoms in total. The number of hydrogen-bond donors (Lipinski definition) is 2. The number of hydrogen-bond acceptors (Lipinski definition) is 2. The van der Waals surface area contributed by atoms with E-state index in [4.69, 9.17) is 23.8 Å². The van der Waals surface area contributed by atoms with Gasteiger partial charge in [-0.05, 0) is 60.2 Å². The molecule has 3 rings (SSSR count). The van der Waals surface area contributed by atoms with Crippen molar-refractivity contribution in [1.29, 1.82) is 0 Å². The maximum absolute atomic E-state index is 11.2. The number of nitrogens with zero attached hydrogens (tertiary/aromatic N) is 1. The van der Waals surface area contributed by atoms with Crippen LogP contribution in [0.2, 0.25) is 5.02 Å². The first-order valence-corrected chi connectivity index (χ1v) is 10.9. The first-order chi connectivity index (χ1) is 14.5. The van der Waals surface area contributed by atoms with E-state index in [1.54, 1.807) is 18.2 Å². The SMILES string of the molecule is Cc1cc(C)cc(NC(=S)/C(=C(/O)c2cccc(Cl)c2)[n+]2ccc(C(C)(C)C)cc2)c1. The van der Waals surface area contributed by atoms with Crippen LogP contribution < -0.4 is 9.88 Å². The highest BCUT2D eigenvalue weighted by Crippen LogP contribution is 2.24. The summed E-state index contributed by atoms with van der Waals surface area (Å²) >= 11 is 11.9. The van der Waals surface area contributed by atoms with Crippen molar-refractivity contribution in [3.8, 4) is 0 Å². The second-order valence-corrected chi connectivity index (χ2v) is 9.63. The first kappa shape index (κ1) is 23.0. The highest BCUT2D eigenvalue weighted by Gasteiger charge is 2.25. The summed E-state index contributed by atoms with van der Waals surface area (Å²) in [5.41, 5.74) is 5.45. The second-order valence-electron chi connectivity index (χ2n) is 8.78. The fourth-order valence-corrected chi connectivity index (χ4v) is 3.94. The van der Waals surface area contributed by atoms with Gasteiger partial charge in [-0.1, -0.05) is 62.8 Å². The topological polar surface area (TPSA) is 36.1 Å². The predicted molar refractivity (Wildman–Crippen MR) is 135 cm³/mol. The summed E-state index contributed by atoms with van der Waals surface area (Å²) in [6.07, 6.45) is 3.85. The van der Waals surface area contributed by atoms with Gasteiger partial charge >= 0.3 is 0 Å². The Balaban J connectivity index is 2.10. The molecule has 160 valence electrons. The lowest BCUT2D eigenvalue weighted by atomic mass is 9.88. The van der Waals surface area contributed by atoms with Gasteiger partial charge in [0.1, 0.15) is 0 Å². The maximum Gasteiger partial charge on any atom is 0.288 e. The molecule has 0 bridgehead atoms. The van der Waals surface area contributed by atoms with Crippen LogP contribution in [0.25, 0.3) is 11.5 Å². The standard InChI is InChI=1S/C26H27ClN2OS/c1-17-13-18(2)15-22(14-17)28-25(31)23(24(30)19-7-6-8-21(27)16-19)29-11-9-20(10-12-29)26(3,4)5/h6-16H,1-5H3,(H-,28,30,31)/p+1. The van der Waals surface area contributed by atoms with Crippen LogP contribution >= 0.6 is 23.8 Å². The highest BCUT2D eigenvalue weighted by atomic mass is 35.5. The summed E-state index contributed by atoms with van der Waals surface area (Å²) < 4.78 is 1.84. The van der Waals surface area contributed by atoms with Crippen molar-refractivity contribution < 1.29 is 9.67 Å². The third kappa shape index (κ3) is 5.72. The van der Waals surface area contributed by atoms with E-state index in [0.717, 1.165) is 16.8 Å². The van der Waals surface area contributed by atoms with E-state index in [1.165, 1.54) is 5.56 Å². The van der Waals surface area contributed by atoms with Crippen molar-refractivity contribution >= 4 is 46.0 Å². The average molecular weight is 452 g/mol. The number of rotatable bonds is 4. The number of aromatic nitrogens is 1. The van der Waals surface area contributed by atoms with Gasteiger partial charge in [-0.15, -0.1) is 0 Å². The molecule has 0 aliphatic carbocycles. The molecular weight excluding hydrogens is 424 g/mol. The average Bonchev–Trinajstić information content (AvgIpc) is 2.67. The maximum atomic E-state index is 11.2. The Morgan fingerprint density at radius 2 is 1.58 bits per heavy atom. The number of thiocarbonyl (C=S) groups is 1. The molecule has 3 aromatic rings. The Morgan fingerprint density at radius 1 is 0.968 bits per heavy atom. The zero-order valence-electron chi connectivity index (χ0n) is 18.5. The summed E-state index contributed by atoms with van der Waals surface area (Å²) in [5, 5.41) is 15.1. The summed E-state index contributed by atoms with van der Waals surface area (Å²) in [4.78, 5) is 0.413. The fourth-order valence-electron chi connectivity index (χ4n) is 3.43. The van der Waals surface area contributed by atoms with E-state index < -0.39 is 0 Å². The van der Waals surface area contributed by atoms with Crippen molar-refractivity contribution in [3.63, 3.8) is 0 Å². The smallest absolute Gasteiger partial charge is 0.288 e. The number of pyridine rings is 1. The summed E-state index contributed by atoms with van der Waals surface area (Å²) in [7, 11) is 0. The van der Waals surface area contributed by atoms with Crippen LogP contribution in [0.1, 0.15) is 43.0 Å². The van der Waals surface area contributed by atoms with Crippen molar-refractivity contribution in [2.24, 2.45) is 0 Å². The van der Waals surface area contributed by atoms with Crippen molar-refractivity contribution in [1.82, 2.24) is 0 Å². The van der Waals surface area contributed by atoms with Gasteiger partial charge in [0.2, 0.25) is 0 Å². The van der Waals surface area contributed by atoms with Gasteiger partial charge in [-0.3, -0.25) is 0 Å². The number of aliphatic hydroxyl groups excluding tert-OH is 1. The minimum atomic E-state index is 0.0236. The molecule has 0 aliphatic heterocycles. The number of aliphatic hydroxyl groups is 1. The summed E-state index contributed by atoms with van der Waals surface area (Å²) in [6.45, 7) is 10.6. The van der Waals surface area contributed by atoms with Gasteiger partial charge in [-0.2, -0.15) is 4.57 Å². The van der Waals surface area contributed by atoms with Gasteiger partial charge in [0.05, 0.1) is 0 Å². The molecule has 0 unspecified atom stereocenters. The molecule has 0 saturated heterocycles. The van der Waals surface area contributed by atoms with Crippen molar-refractivity contribution in [2.75, 3.05) is 5.32 Å². The van der Waals surface area contributed by atoms with E-state index in [1.807, 2.05) is 61.1 Å². The number of nitrogens with one attached hydrogen (secondary N) is 1. The van der Waals surface area contributed by atoms with E-state index in [9.17, 15) is 5.11 Å². The zero-order valence-corrected chi connectivity index (χ0v) is 20.1. The number of aryl methyl sites for hydroxylation is 2. The zero-order chi connectivity index (χ0) is 22.8. The molecule has 0 spiro atoms. The Morgan fingerprint density at radius 3 is 2.13 bits per heavy atom.